The highest BCUT2D eigenvalue weighted by Gasteiger charge is 2.27. The molecular weight excluding hydrogens is 300 g/mol. The Morgan fingerprint density at radius 3 is 2.38 bits per heavy atom. The Balaban J connectivity index is 3.61. The van der Waals surface area contributed by atoms with Crippen molar-refractivity contribution in [2.75, 3.05) is 0 Å². The molecule has 6 heteroatoms. The van der Waals surface area contributed by atoms with Gasteiger partial charge in [-0.3, -0.25) is 10.1 Å². The van der Waals surface area contributed by atoms with Crippen LogP contribution in [0.25, 0.3) is 0 Å². The number of nitrogens with zero attached hydrogens (tertiary/aromatic N) is 1. The third-order valence-corrected chi connectivity index (χ3v) is 3.50. The Bertz CT molecular complexity index is 457. The van der Waals surface area contributed by atoms with Gasteiger partial charge in [0.2, 0.25) is 5.82 Å². The molecule has 0 heterocycles. The zero-order valence-electron chi connectivity index (χ0n) is 8.97. The number of nitro groups is 1. The first-order valence-corrected chi connectivity index (χ1v) is 5.65. The molecule has 0 radical (unpaired) electrons. The van der Waals surface area contributed by atoms with E-state index in [4.69, 9.17) is 11.6 Å². The first-order valence-electron chi connectivity index (χ1n) is 4.48. The van der Waals surface area contributed by atoms with Crippen molar-refractivity contribution in [2.45, 2.75) is 26.2 Å². The maximum Gasteiger partial charge on any atom is 0.306 e. The summed E-state index contributed by atoms with van der Waals surface area (Å²) in [7, 11) is 0. The summed E-state index contributed by atoms with van der Waals surface area (Å²) in [5, 5.41) is 10.8. The highest BCUT2D eigenvalue weighted by atomic mass is 79.9. The molecule has 1 aromatic carbocycles. The molecule has 3 nitrogen and oxygen atoms in total. The monoisotopic (exact) mass is 309 g/mol. The van der Waals surface area contributed by atoms with Gasteiger partial charge in [-0.1, -0.05) is 32.4 Å². The molecule has 1 rings (SSSR count). The molecule has 0 aromatic heterocycles. The van der Waals surface area contributed by atoms with Gasteiger partial charge in [0, 0.05) is 6.07 Å². The average Bonchev–Trinajstić information content (AvgIpc) is 2.11. The zero-order valence-corrected chi connectivity index (χ0v) is 11.3. The van der Waals surface area contributed by atoms with E-state index in [0.717, 1.165) is 0 Å². The lowest BCUT2D eigenvalue weighted by molar-refractivity contribution is -0.387. The smallest absolute Gasteiger partial charge is 0.258 e. The molecule has 0 spiro atoms. The fraction of sp³-hybridized carbons (Fsp3) is 0.400. The average molecular weight is 311 g/mol. The van der Waals surface area contributed by atoms with E-state index in [-0.39, 0.29) is 9.50 Å². The van der Waals surface area contributed by atoms with E-state index < -0.39 is 21.8 Å². The lowest BCUT2D eigenvalue weighted by Crippen LogP contribution is -2.13. The number of hydrogen-bond acceptors (Lipinski definition) is 2. The van der Waals surface area contributed by atoms with E-state index in [1.165, 1.54) is 6.07 Å². The Morgan fingerprint density at radius 1 is 1.50 bits per heavy atom. The molecule has 0 saturated heterocycles. The summed E-state index contributed by atoms with van der Waals surface area (Å²) in [6, 6.07) is 1.18. The van der Waals surface area contributed by atoms with Gasteiger partial charge in [0.15, 0.2) is 0 Å². The van der Waals surface area contributed by atoms with Crippen molar-refractivity contribution in [1.29, 1.82) is 0 Å². The van der Waals surface area contributed by atoms with E-state index in [1.54, 1.807) is 0 Å². The van der Waals surface area contributed by atoms with Crippen molar-refractivity contribution in [3.05, 3.63) is 37.1 Å². The van der Waals surface area contributed by atoms with Gasteiger partial charge >= 0.3 is 5.69 Å². The lowest BCUT2D eigenvalue weighted by atomic mass is 9.86. The molecule has 0 amide bonds. The van der Waals surface area contributed by atoms with Crippen LogP contribution in [0, 0.1) is 15.9 Å². The second-order valence-corrected chi connectivity index (χ2v) is 5.56. The molecule has 0 unspecified atom stereocenters. The quantitative estimate of drug-likeness (QED) is 0.437. The van der Waals surface area contributed by atoms with Gasteiger partial charge in [-0.2, -0.15) is 4.39 Å². The standard InChI is InChI=1S/C10H10BrClFNO2/c1-10(2,3)5-4-6(14(15)16)9(13)7(11)8(5)12/h4H,1-3H3. The molecule has 0 bridgehead atoms. The van der Waals surface area contributed by atoms with Crippen molar-refractivity contribution in [3.8, 4) is 0 Å². The normalized spacial score (nSPS) is 11.6. The van der Waals surface area contributed by atoms with Gasteiger partial charge in [-0.05, 0) is 26.9 Å². The van der Waals surface area contributed by atoms with Crippen LogP contribution in [0.1, 0.15) is 26.3 Å². The SMILES string of the molecule is CC(C)(C)c1cc([N+](=O)[O-])c(F)c(Br)c1Cl. The number of rotatable bonds is 1. The topological polar surface area (TPSA) is 43.1 Å². The third kappa shape index (κ3) is 2.35. The van der Waals surface area contributed by atoms with Crippen molar-refractivity contribution >= 4 is 33.2 Å². The minimum Gasteiger partial charge on any atom is -0.258 e. The summed E-state index contributed by atoms with van der Waals surface area (Å²) < 4.78 is 13.4. The van der Waals surface area contributed by atoms with E-state index in [1.807, 2.05) is 20.8 Å². The number of halogens is 3. The largest absolute Gasteiger partial charge is 0.306 e. The fourth-order valence-corrected chi connectivity index (χ4v) is 2.11. The van der Waals surface area contributed by atoms with Crippen LogP contribution in [-0.2, 0) is 5.41 Å². The van der Waals surface area contributed by atoms with Crippen LogP contribution in [-0.4, -0.2) is 4.92 Å². The molecule has 88 valence electrons. The second-order valence-electron chi connectivity index (χ2n) is 4.39. The number of benzene rings is 1. The van der Waals surface area contributed by atoms with E-state index in [0.29, 0.717) is 5.56 Å². The van der Waals surface area contributed by atoms with Gasteiger partial charge in [-0.15, -0.1) is 0 Å². The molecule has 0 aliphatic rings. The molecule has 0 aliphatic carbocycles. The molecule has 0 aliphatic heterocycles. The van der Waals surface area contributed by atoms with Crippen molar-refractivity contribution in [2.24, 2.45) is 0 Å². The maximum absolute atomic E-state index is 13.5. The van der Waals surface area contributed by atoms with Gasteiger partial charge in [-0.25, -0.2) is 0 Å². The van der Waals surface area contributed by atoms with Gasteiger partial charge < -0.3 is 0 Å². The van der Waals surface area contributed by atoms with Crippen LogP contribution in [0.2, 0.25) is 5.02 Å². The van der Waals surface area contributed by atoms with Crippen LogP contribution in [0.4, 0.5) is 10.1 Å². The van der Waals surface area contributed by atoms with Crippen LogP contribution in [0.15, 0.2) is 10.5 Å². The van der Waals surface area contributed by atoms with Gasteiger partial charge in [0.05, 0.1) is 14.4 Å². The Hall–Kier alpha value is -0.680. The molecule has 0 saturated carbocycles. The third-order valence-electron chi connectivity index (χ3n) is 2.13. The van der Waals surface area contributed by atoms with Crippen molar-refractivity contribution in [1.82, 2.24) is 0 Å². The minimum atomic E-state index is -0.942. The summed E-state index contributed by atoms with van der Waals surface area (Å²) in [4.78, 5) is 9.91. The van der Waals surface area contributed by atoms with Gasteiger partial charge in [0.1, 0.15) is 0 Å². The zero-order chi connectivity index (χ0) is 12.7. The van der Waals surface area contributed by atoms with E-state index in [2.05, 4.69) is 15.9 Å². The number of nitro benzene ring substituents is 1. The summed E-state index contributed by atoms with van der Waals surface area (Å²) >= 11 is 8.88. The predicted octanol–water partition coefficient (Wildman–Crippen LogP) is 4.45. The molecular formula is C10H10BrClFNO2. The van der Waals surface area contributed by atoms with Crippen LogP contribution in [0.3, 0.4) is 0 Å². The molecule has 1 aromatic rings. The summed E-state index contributed by atoms with van der Waals surface area (Å²) in [6.07, 6.45) is 0. The first kappa shape index (κ1) is 13.4. The fourth-order valence-electron chi connectivity index (χ4n) is 1.27. The van der Waals surface area contributed by atoms with Crippen molar-refractivity contribution in [3.63, 3.8) is 0 Å². The summed E-state index contributed by atoms with van der Waals surface area (Å²) in [6.45, 7) is 5.55. The van der Waals surface area contributed by atoms with Crippen LogP contribution in [0.5, 0.6) is 0 Å². The highest BCUT2D eigenvalue weighted by molar-refractivity contribution is 9.10. The maximum atomic E-state index is 13.5. The van der Waals surface area contributed by atoms with E-state index in [9.17, 15) is 14.5 Å². The summed E-state index contributed by atoms with van der Waals surface area (Å²) in [5.41, 5.74) is -0.423. The van der Waals surface area contributed by atoms with Crippen LogP contribution < -0.4 is 0 Å². The highest BCUT2D eigenvalue weighted by Crippen LogP contribution is 2.40. The first-order chi connectivity index (χ1) is 7.16. The Morgan fingerprint density at radius 2 is 2.00 bits per heavy atom. The second kappa shape index (κ2) is 4.30. The van der Waals surface area contributed by atoms with Gasteiger partial charge in [0.25, 0.3) is 0 Å². The lowest BCUT2D eigenvalue weighted by Gasteiger charge is -2.21. The minimum absolute atomic E-state index is 0.0618. The molecule has 0 fully saturated rings. The predicted molar refractivity (Wildman–Crippen MR) is 64.5 cm³/mol. The van der Waals surface area contributed by atoms with Crippen molar-refractivity contribution < 1.29 is 9.31 Å². The Kier molecular flexibility index (Phi) is 3.59. The Labute approximate surface area is 106 Å². The summed E-state index contributed by atoms with van der Waals surface area (Å²) in [5.74, 6) is -0.942. The van der Waals surface area contributed by atoms with E-state index >= 15 is 0 Å². The molecule has 0 N–H and O–H groups in total. The molecule has 0 atom stereocenters. The van der Waals surface area contributed by atoms with Crippen LogP contribution >= 0.6 is 27.5 Å². The number of hydrogen-bond donors (Lipinski definition) is 0. The molecule has 16 heavy (non-hydrogen) atoms.